The molecule has 1 aliphatic heterocycles. The lowest BCUT2D eigenvalue weighted by Gasteiger charge is -2.30. The third kappa shape index (κ3) is 4.85. The van der Waals surface area contributed by atoms with Crippen molar-refractivity contribution in [2.45, 2.75) is 29.9 Å². The molecule has 1 fully saturated rings. The van der Waals surface area contributed by atoms with E-state index in [1.807, 2.05) is 30.3 Å². The van der Waals surface area contributed by atoms with Gasteiger partial charge in [-0.2, -0.15) is 4.31 Å². The number of nitrogens with zero attached hydrogens (tertiary/aromatic N) is 1. The molecule has 0 spiro atoms. The van der Waals surface area contributed by atoms with Crippen LogP contribution in [0.1, 0.15) is 25.7 Å². The smallest absolute Gasteiger partial charge is 0.252 e. The fourth-order valence-electron chi connectivity index (χ4n) is 3.08. The number of sulfonamides is 1. The molecule has 26 heavy (non-hydrogen) atoms. The van der Waals surface area contributed by atoms with Crippen LogP contribution in [0.15, 0.2) is 46.7 Å². The van der Waals surface area contributed by atoms with Crippen molar-refractivity contribution < 1.29 is 13.2 Å². The topological polar surface area (TPSA) is 66.5 Å². The summed E-state index contributed by atoms with van der Waals surface area (Å²) in [6.45, 7) is 0.978. The van der Waals surface area contributed by atoms with Crippen molar-refractivity contribution in [3.05, 3.63) is 46.8 Å². The van der Waals surface area contributed by atoms with Crippen LogP contribution in [0.5, 0.6) is 0 Å². The van der Waals surface area contributed by atoms with E-state index >= 15 is 0 Å². The summed E-state index contributed by atoms with van der Waals surface area (Å²) in [5.74, 6) is 0.370. The minimum atomic E-state index is -3.45. The molecule has 2 aromatic rings. The summed E-state index contributed by atoms with van der Waals surface area (Å²) in [6, 6.07) is 12.6. The molecular formula is C18H21ClN2O3S2. The van der Waals surface area contributed by atoms with Crippen molar-refractivity contribution in [1.29, 1.82) is 0 Å². The van der Waals surface area contributed by atoms with Crippen LogP contribution >= 0.6 is 22.9 Å². The Morgan fingerprint density at radius 1 is 1.15 bits per heavy atom. The minimum absolute atomic E-state index is 0.000483. The third-order valence-corrected chi connectivity index (χ3v) is 8.15. The highest BCUT2D eigenvalue weighted by Crippen LogP contribution is 2.31. The van der Waals surface area contributed by atoms with Gasteiger partial charge in [0.15, 0.2) is 0 Å². The van der Waals surface area contributed by atoms with E-state index in [1.54, 1.807) is 12.1 Å². The molecule has 0 aliphatic carbocycles. The van der Waals surface area contributed by atoms with Gasteiger partial charge in [0.05, 0.1) is 4.34 Å². The van der Waals surface area contributed by atoms with E-state index in [1.165, 1.54) is 4.31 Å². The van der Waals surface area contributed by atoms with Crippen LogP contribution in [0.25, 0.3) is 0 Å². The Labute approximate surface area is 163 Å². The summed E-state index contributed by atoms with van der Waals surface area (Å²) in [6.07, 6.45) is 2.78. The zero-order valence-corrected chi connectivity index (χ0v) is 16.6. The molecular weight excluding hydrogens is 392 g/mol. The fourth-order valence-corrected chi connectivity index (χ4v) is 6.19. The Morgan fingerprint density at radius 3 is 2.46 bits per heavy atom. The van der Waals surface area contributed by atoms with Gasteiger partial charge in [-0.3, -0.25) is 4.79 Å². The number of piperidine rings is 1. The lowest BCUT2D eigenvalue weighted by Crippen LogP contribution is -2.38. The van der Waals surface area contributed by atoms with Gasteiger partial charge in [-0.1, -0.05) is 29.8 Å². The van der Waals surface area contributed by atoms with Crippen LogP contribution in [0.2, 0.25) is 4.34 Å². The first-order chi connectivity index (χ1) is 12.4. The molecule has 0 bridgehead atoms. The van der Waals surface area contributed by atoms with Gasteiger partial charge in [0, 0.05) is 25.2 Å². The number of amides is 1. The first-order valence-electron chi connectivity index (χ1n) is 8.55. The molecule has 0 saturated carbocycles. The molecule has 1 N–H and O–H groups in total. The number of hydrogen-bond donors (Lipinski definition) is 1. The normalized spacial score (nSPS) is 16.5. The number of halogens is 1. The van der Waals surface area contributed by atoms with E-state index in [2.05, 4.69) is 5.32 Å². The molecule has 8 heteroatoms. The van der Waals surface area contributed by atoms with Crippen molar-refractivity contribution in [3.63, 3.8) is 0 Å². The van der Waals surface area contributed by atoms with Crippen molar-refractivity contribution in [2.24, 2.45) is 5.92 Å². The predicted molar refractivity (Wildman–Crippen MR) is 105 cm³/mol. The van der Waals surface area contributed by atoms with Gasteiger partial charge in [-0.15, -0.1) is 11.3 Å². The number of nitrogens with one attached hydrogen (secondary N) is 1. The van der Waals surface area contributed by atoms with Gasteiger partial charge in [0.2, 0.25) is 5.91 Å². The molecule has 1 amide bonds. The SMILES string of the molecule is O=C(CCC1CCN(S(=O)(=O)c2ccc(Cl)s2)CC1)Nc1ccccc1. The molecule has 5 nitrogen and oxygen atoms in total. The standard InChI is InChI=1S/C18H21ClN2O3S2/c19-16-7-9-18(25-16)26(23,24)21-12-10-14(11-13-21)6-8-17(22)20-15-4-2-1-3-5-15/h1-5,7,9,14H,6,8,10-13H2,(H,20,22). The maximum absolute atomic E-state index is 12.6. The summed E-state index contributed by atoms with van der Waals surface area (Å²) in [5, 5.41) is 2.88. The van der Waals surface area contributed by atoms with Crippen LogP contribution in [-0.4, -0.2) is 31.7 Å². The summed E-state index contributed by atoms with van der Waals surface area (Å²) in [5.41, 5.74) is 0.799. The molecule has 140 valence electrons. The molecule has 0 unspecified atom stereocenters. The Balaban J connectivity index is 1.46. The van der Waals surface area contributed by atoms with Crippen LogP contribution in [0, 0.1) is 5.92 Å². The summed E-state index contributed by atoms with van der Waals surface area (Å²) < 4.78 is 27.5. The number of anilines is 1. The van der Waals surface area contributed by atoms with Gasteiger partial charge >= 0.3 is 0 Å². The third-order valence-electron chi connectivity index (χ3n) is 4.55. The number of rotatable bonds is 6. The van der Waals surface area contributed by atoms with E-state index in [0.717, 1.165) is 36.3 Å². The first-order valence-corrected chi connectivity index (χ1v) is 11.2. The van der Waals surface area contributed by atoms with E-state index in [4.69, 9.17) is 11.6 Å². The molecule has 1 aromatic carbocycles. The molecule has 1 saturated heterocycles. The molecule has 3 rings (SSSR count). The van der Waals surface area contributed by atoms with E-state index in [-0.39, 0.29) is 5.91 Å². The molecule has 2 heterocycles. The first kappa shape index (κ1) is 19.4. The van der Waals surface area contributed by atoms with Gasteiger partial charge in [-0.25, -0.2) is 8.42 Å². The van der Waals surface area contributed by atoms with Crippen molar-refractivity contribution in [2.75, 3.05) is 18.4 Å². The van der Waals surface area contributed by atoms with E-state index in [9.17, 15) is 13.2 Å². The molecule has 0 radical (unpaired) electrons. The maximum Gasteiger partial charge on any atom is 0.252 e. The van der Waals surface area contributed by atoms with Gasteiger partial charge < -0.3 is 5.32 Å². The van der Waals surface area contributed by atoms with Crippen molar-refractivity contribution >= 4 is 44.6 Å². The largest absolute Gasteiger partial charge is 0.326 e. The second-order valence-corrected chi connectivity index (χ2v) is 10.2. The van der Waals surface area contributed by atoms with Gasteiger partial charge in [0.25, 0.3) is 10.0 Å². The lowest BCUT2D eigenvalue weighted by molar-refractivity contribution is -0.116. The monoisotopic (exact) mass is 412 g/mol. The number of benzene rings is 1. The molecule has 1 aliphatic rings. The van der Waals surface area contributed by atoms with Crippen LogP contribution in [-0.2, 0) is 14.8 Å². The number of para-hydroxylation sites is 1. The van der Waals surface area contributed by atoms with Crippen molar-refractivity contribution in [1.82, 2.24) is 4.31 Å². The summed E-state index contributed by atoms with van der Waals surface area (Å²) >= 11 is 6.94. The molecule has 1 aromatic heterocycles. The number of carbonyl (C=O) groups is 1. The van der Waals surface area contributed by atoms with Crippen LogP contribution < -0.4 is 5.32 Å². The Bertz CT molecular complexity index is 844. The quantitative estimate of drug-likeness (QED) is 0.772. The highest BCUT2D eigenvalue weighted by Gasteiger charge is 2.30. The molecule has 0 atom stereocenters. The summed E-state index contributed by atoms with van der Waals surface area (Å²) in [4.78, 5) is 12.0. The predicted octanol–water partition coefficient (Wildman–Crippen LogP) is 4.22. The Morgan fingerprint density at radius 2 is 1.85 bits per heavy atom. The average Bonchev–Trinajstić information content (AvgIpc) is 3.08. The van der Waals surface area contributed by atoms with E-state index in [0.29, 0.717) is 34.0 Å². The Kier molecular flexibility index (Phi) is 6.34. The second kappa shape index (κ2) is 8.52. The van der Waals surface area contributed by atoms with E-state index < -0.39 is 10.0 Å². The highest BCUT2D eigenvalue weighted by atomic mass is 35.5. The van der Waals surface area contributed by atoms with Crippen LogP contribution in [0.3, 0.4) is 0 Å². The second-order valence-electron chi connectivity index (χ2n) is 6.36. The summed E-state index contributed by atoms with van der Waals surface area (Å²) in [7, 11) is -3.45. The number of hydrogen-bond acceptors (Lipinski definition) is 4. The lowest BCUT2D eigenvalue weighted by atomic mass is 9.93. The van der Waals surface area contributed by atoms with Crippen molar-refractivity contribution in [3.8, 4) is 0 Å². The van der Waals surface area contributed by atoms with Gasteiger partial charge in [-0.05, 0) is 49.4 Å². The number of thiophene rings is 1. The average molecular weight is 413 g/mol. The zero-order chi connectivity index (χ0) is 18.6. The van der Waals surface area contributed by atoms with Gasteiger partial charge in [0.1, 0.15) is 4.21 Å². The Hall–Kier alpha value is -1.41. The fraction of sp³-hybridized carbons (Fsp3) is 0.389. The highest BCUT2D eigenvalue weighted by molar-refractivity contribution is 7.91. The minimum Gasteiger partial charge on any atom is -0.326 e. The number of carbonyl (C=O) groups excluding carboxylic acids is 1. The zero-order valence-electron chi connectivity index (χ0n) is 14.2. The maximum atomic E-state index is 12.6. The van der Waals surface area contributed by atoms with Crippen LogP contribution in [0.4, 0.5) is 5.69 Å².